The van der Waals surface area contributed by atoms with Gasteiger partial charge in [0.2, 0.25) is 5.89 Å². The van der Waals surface area contributed by atoms with Gasteiger partial charge in [0.05, 0.1) is 6.04 Å². The zero-order valence-electron chi connectivity index (χ0n) is 16.9. The molecule has 0 aliphatic carbocycles. The standard InChI is InChI=1S/C19H27ClN6O3/c1-4-15(21)17-23-24-18(29-17)22-16-8-14(20)7-13(12(16)3)10-25-5-6-26(19(27)28)11(2)9-25/h7-8,11,15H,4-6,9-10,21H2,1-3H3,(H,22,24)(H,27,28)/t11-,15-/m0/s1. The van der Waals surface area contributed by atoms with Gasteiger partial charge in [0.1, 0.15) is 0 Å². The molecule has 2 atom stereocenters. The van der Waals surface area contributed by atoms with Crippen LogP contribution in [0.25, 0.3) is 0 Å². The lowest BCUT2D eigenvalue weighted by atomic mass is 10.0. The van der Waals surface area contributed by atoms with Crippen molar-refractivity contribution in [3.05, 3.63) is 34.2 Å². The molecule has 3 rings (SSSR count). The molecule has 2 heterocycles. The van der Waals surface area contributed by atoms with Crippen LogP contribution in [0.4, 0.5) is 16.5 Å². The van der Waals surface area contributed by atoms with Crippen LogP contribution in [0.1, 0.15) is 43.3 Å². The van der Waals surface area contributed by atoms with Crippen molar-refractivity contribution in [1.29, 1.82) is 0 Å². The van der Waals surface area contributed by atoms with Crippen LogP contribution in [0, 0.1) is 6.92 Å². The highest BCUT2D eigenvalue weighted by atomic mass is 35.5. The number of piperazine rings is 1. The third kappa shape index (κ3) is 4.98. The highest BCUT2D eigenvalue weighted by Gasteiger charge is 2.27. The van der Waals surface area contributed by atoms with Crippen LogP contribution in [0.5, 0.6) is 0 Å². The number of benzene rings is 1. The first kappa shape index (κ1) is 21.4. The van der Waals surface area contributed by atoms with Crippen molar-refractivity contribution < 1.29 is 14.3 Å². The van der Waals surface area contributed by atoms with E-state index in [-0.39, 0.29) is 18.1 Å². The molecule has 4 N–H and O–H groups in total. The van der Waals surface area contributed by atoms with E-state index in [2.05, 4.69) is 20.4 Å². The molecule has 158 valence electrons. The molecule has 29 heavy (non-hydrogen) atoms. The fraction of sp³-hybridized carbons (Fsp3) is 0.526. The second-order valence-corrected chi connectivity index (χ2v) is 7.82. The smallest absolute Gasteiger partial charge is 0.407 e. The predicted molar refractivity (Wildman–Crippen MR) is 110 cm³/mol. The van der Waals surface area contributed by atoms with Gasteiger partial charge < -0.3 is 25.5 Å². The van der Waals surface area contributed by atoms with E-state index in [0.29, 0.717) is 43.5 Å². The van der Waals surface area contributed by atoms with Gasteiger partial charge in [-0.3, -0.25) is 4.90 Å². The Kier molecular flexibility index (Phi) is 6.61. The van der Waals surface area contributed by atoms with E-state index in [4.69, 9.17) is 21.8 Å². The quantitative estimate of drug-likeness (QED) is 0.647. The molecule has 1 aliphatic heterocycles. The first-order chi connectivity index (χ1) is 13.8. The van der Waals surface area contributed by atoms with Crippen LogP contribution in [-0.2, 0) is 6.54 Å². The van der Waals surface area contributed by atoms with Crippen LogP contribution < -0.4 is 11.1 Å². The number of hydrogen-bond donors (Lipinski definition) is 3. The fourth-order valence-electron chi connectivity index (χ4n) is 3.46. The topological polar surface area (TPSA) is 121 Å². The summed E-state index contributed by atoms with van der Waals surface area (Å²) in [5.74, 6) is 0.389. The number of carbonyl (C=O) groups is 1. The second-order valence-electron chi connectivity index (χ2n) is 7.38. The number of nitrogens with zero attached hydrogens (tertiary/aromatic N) is 4. The fourth-order valence-corrected chi connectivity index (χ4v) is 3.70. The van der Waals surface area contributed by atoms with Crippen molar-refractivity contribution in [3.8, 4) is 0 Å². The van der Waals surface area contributed by atoms with E-state index in [1.807, 2.05) is 32.9 Å². The maximum atomic E-state index is 11.3. The van der Waals surface area contributed by atoms with Gasteiger partial charge in [-0.1, -0.05) is 23.6 Å². The molecule has 1 aromatic carbocycles. The number of hydrogen-bond acceptors (Lipinski definition) is 7. The van der Waals surface area contributed by atoms with E-state index in [1.165, 1.54) is 4.90 Å². The second kappa shape index (κ2) is 8.98. The summed E-state index contributed by atoms with van der Waals surface area (Å²) < 4.78 is 5.60. The van der Waals surface area contributed by atoms with Gasteiger partial charge >= 0.3 is 12.1 Å². The third-order valence-corrected chi connectivity index (χ3v) is 5.49. The normalized spacial score (nSPS) is 18.7. The molecule has 0 bridgehead atoms. The van der Waals surface area contributed by atoms with Crippen LogP contribution in [0.3, 0.4) is 0 Å². The number of rotatable bonds is 6. The van der Waals surface area contributed by atoms with Gasteiger partial charge in [0, 0.05) is 42.9 Å². The number of halogens is 1. The van der Waals surface area contributed by atoms with Crippen molar-refractivity contribution >= 4 is 29.4 Å². The molecule has 1 saturated heterocycles. The Morgan fingerprint density at radius 2 is 2.21 bits per heavy atom. The van der Waals surface area contributed by atoms with Crippen LogP contribution in [0.2, 0.25) is 5.02 Å². The molecule has 1 fully saturated rings. The van der Waals surface area contributed by atoms with Gasteiger partial charge in [0.15, 0.2) is 0 Å². The zero-order valence-corrected chi connectivity index (χ0v) is 17.6. The van der Waals surface area contributed by atoms with Crippen molar-refractivity contribution in [1.82, 2.24) is 20.0 Å². The van der Waals surface area contributed by atoms with Gasteiger partial charge in [-0.05, 0) is 43.5 Å². The van der Waals surface area contributed by atoms with Crippen molar-refractivity contribution in [2.45, 2.75) is 45.8 Å². The molecule has 1 amide bonds. The maximum Gasteiger partial charge on any atom is 0.407 e. The van der Waals surface area contributed by atoms with E-state index in [9.17, 15) is 9.90 Å². The van der Waals surface area contributed by atoms with E-state index in [0.717, 1.165) is 16.8 Å². The molecule has 0 radical (unpaired) electrons. The summed E-state index contributed by atoms with van der Waals surface area (Å²) in [5.41, 5.74) is 8.79. The van der Waals surface area contributed by atoms with E-state index < -0.39 is 6.09 Å². The Labute approximate surface area is 174 Å². The first-order valence-corrected chi connectivity index (χ1v) is 10.0. The number of nitrogens with two attached hydrogens (primary N) is 1. The molecule has 9 nitrogen and oxygen atoms in total. The highest BCUT2D eigenvalue weighted by molar-refractivity contribution is 6.31. The Morgan fingerprint density at radius 3 is 2.86 bits per heavy atom. The molecule has 1 aliphatic rings. The minimum absolute atomic E-state index is 0.0575. The van der Waals surface area contributed by atoms with Gasteiger partial charge in [-0.15, -0.1) is 5.10 Å². The summed E-state index contributed by atoms with van der Waals surface area (Å²) in [6, 6.07) is 3.67. The zero-order chi connectivity index (χ0) is 21.1. The molecular weight excluding hydrogens is 396 g/mol. The van der Waals surface area contributed by atoms with E-state index in [1.54, 1.807) is 0 Å². The summed E-state index contributed by atoms with van der Waals surface area (Å²) in [7, 11) is 0. The van der Waals surface area contributed by atoms with Crippen molar-refractivity contribution in [2.24, 2.45) is 5.73 Å². The van der Waals surface area contributed by atoms with Gasteiger partial charge in [-0.25, -0.2) is 4.79 Å². The molecule has 0 saturated carbocycles. The lowest BCUT2D eigenvalue weighted by molar-refractivity contribution is 0.0710. The van der Waals surface area contributed by atoms with Gasteiger partial charge in [-0.2, -0.15) is 0 Å². The predicted octanol–water partition coefficient (Wildman–Crippen LogP) is 3.37. The summed E-state index contributed by atoms with van der Waals surface area (Å²) in [5, 5.41) is 21.0. The van der Waals surface area contributed by atoms with Crippen LogP contribution in [0.15, 0.2) is 16.5 Å². The Bertz CT molecular complexity index is 874. The minimum Gasteiger partial charge on any atom is -0.465 e. The number of anilines is 2. The number of aromatic nitrogens is 2. The molecule has 2 aromatic rings. The van der Waals surface area contributed by atoms with Crippen molar-refractivity contribution in [2.75, 3.05) is 25.0 Å². The summed E-state index contributed by atoms with van der Waals surface area (Å²) in [4.78, 5) is 15.0. The molecule has 10 heteroatoms. The van der Waals surface area contributed by atoms with Crippen LogP contribution in [-0.4, -0.2) is 56.9 Å². The highest BCUT2D eigenvalue weighted by Crippen LogP contribution is 2.29. The minimum atomic E-state index is -0.871. The number of carboxylic acid groups (broad SMARTS) is 1. The summed E-state index contributed by atoms with van der Waals surface area (Å²) in [6.45, 7) is 8.38. The number of amides is 1. The van der Waals surface area contributed by atoms with Crippen molar-refractivity contribution in [3.63, 3.8) is 0 Å². The lowest BCUT2D eigenvalue weighted by Crippen LogP contribution is -2.53. The SMILES string of the molecule is CC[C@H](N)c1nnc(Nc2cc(Cl)cc(CN3CCN(C(=O)O)[C@@H](C)C3)c2C)o1. The average Bonchev–Trinajstić information content (AvgIpc) is 3.13. The maximum absolute atomic E-state index is 11.3. The van der Waals surface area contributed by atoms with E-state index >= 15 is 0 Å². The Morgan fingerprint density at radius 1 is 1.45 bits per heavy atom. The monoisotopic (exact) mass is 422 g/mol. The Hall–Kier alpha value is -2.36. The average molecular weight is 423 g/mol. The number of nitrogens with one attached hydrogen (secondary N) is 1. The largest absolute Gasteiger partial charge is 0.465 e. The molecule has 0 spiro atoms. The summed E-state index contributed by atoms with van der Waals surface area (Å²) in [6.07, 6.45) is -0.167. The molecular formula is C19H27ClN6O3. The first-order valence-electron chi connectivity index (χ1n) is 9.65. The third-order valence-electron chi connectivity index (χ3n) is 5.27. The molecule has 1 aromatic heterocycles. The lowest BCUT2D eigenvalue weighted by Gasteiger charge is -2.38. The van der Waals surface area contributed by atoms with Crippen LogP contribution >= 0.6 is 11.6 Å². The Balaban J connectivity index is 1.74. The summed E-state index contributed by atoms with van der Waals surface area (Å²) >= 11 is 6.35. The van der Waals surface area contributed by atoms with Gasteiger partial charge in [0.25, 0.3) is 0 Å². The molecule has 0 unspecified atom stereocenters.